The van der Waals surface area contributed by atoms with Gasteiger partial charge < -0.3 is 10.6 Å². The summed E-state index contributed by atoms with van der Waals surface area (Å²) >= 11 is 0. The number of anilines is 2. The number of hydrogen-bond acceptors (Lipinski definition) is 4. The number of benzene rings is 3. The molecule has 6 nitrogen and oxygen atoms in total. The van der Waals surface area contributed by atoms with Crippen molar-refractivity contribution in [2.75, 3.05) is 10.6 Å². The van der Waals surface area contributed by atoms with E-state index in [1.807, 2.05) is 13.0 Å². The highest BCUT2D eigenvalue weighted by Crippen LogP contribution is 2.21. The highest BCUT2D eigenvalue weighted by molar-refractivity contribution is 7.91. The van der Waals surface area contributed by atoms with Crippen LogP contribution < -0.4 is 10.6 Å². The molecule has 3 aromatic rings. The molecule has 3 rings (SSSR count). The molecular formula is C22H18F2N2O4S. The van der Waals surface area contributed by atoms with Crippen LogP contribution in [0.3, 0.4) is 0 Å². The molecule has 0 fully saturated rings. The molecule has 0 aliphatic rings. The zero-order valence-electron chi connectivity index (χ0n) is 16.3. The summed E-state index contributed by atoms with van der Waals surface area (Å²) in [6.45, 7) is 1.89. The van der Waals surface area contributed by atoms with Crippen molar-refractivity contribution >= 4 is 33.0 Å². The van der Waals surface area contributed by atoms with Gasteiger partial charge in [-0.25, -0.2) is 8.42 Å². The van der Waals surface area contributed by atoms with Gasteiger partial charge in [0.05, 0.1) is 16.1 Å². The summed E-state index contributed by atoms with van der Waals surface area (Å²) < 4.78 is 48.3. The van der Waals surface area contributed by atoms with Crippen molar-refractivity contribution in [2.45, 2.75) is 17.6 Å². The number of alkyl halides is 2. The van der Waals surface area contributed by atoms with E-state index in [-0.39, 0.29) is 16.8 Å². The van der Waals surface area contributed by atoms with Gasteiger partial charge in [0, 0.05) is 11.3 Å². The lowest BCUT2D eigenvalue weighted by molar-refractivity contribution is 0.102. The third-order valence-electron chi connectivity index (χ3n) is 4.38. The van der Waals surface area contributed by atoms with Gasteiger partial charge in [-0.05, 0) is 61.0 Å². The van der Waals surface area contributed by atoms with Gasteiger partial charge in [-0.3, -0.25) is 9.59 Å². The number of halogens is 2. The van der Waals surface area contributed by atoms with E-state index in [4.69, 9.17) is 0 Å². The summed E-state index contributed by atoms with van der Waals surface area (Å²) in [6, 6.07) is 17.7. The Balaban J connectivity index is 1.79. The quantitative estimate of drug-likeness (QED) is 0.586. The first-order valence-electron chi connectivity index (χ1n) is 9.09. The first-order chi connectivity index (χ1) is 14.7. The van der Waals surface area contributed by atoms with Crippen molar-refractivity contribution in [3.8, 4) is 0 Å². The molecule has 0 heterocycles. The Morgan fingerprint density at radius 1 is 0.839 bits per heavy atom. The first kappa shape index (κ1) is 22.1. The highest BCUT2D eigenvalue weighted by Gasteiger charge is 2.26. The molecule has 0 aromatic heterocycles. The molecule has 0 saturated carbocycles. The molecule has 3 aromatic carbocycles. The summed E-state index contributed by atoms with van der Waals surface area (Å²) in [4.78, 5) is 24.6. The van der Waals surface area contributed by atoms with E-state index >= 15 is 0 Å². The average Bonchev–Trinajstić information content (AvgIpc) is 2.74. The topological polar surface area (TPSA) is 92.3 Å². The minimum atomic E-state index is -4.75. The van der Waals surface area contributed by atoms with Gasteiger partial charge in [0.15, 0.2) is 0 Å². The van der Waals surface area contributed by atoms with Crippen molar-refractivity contribution in [2.24, 2.45) is 0 Å². The molecule has 31 heavy (non-hydrogen) atoms. The first-order valence-corrected chi connectivity index (χ1v) is 10.6. The van der Waals surface area contributed by atoms with Crippen molar-refractivity contribution in [1.29, 1.82) is 0 Å². The normalized spacial score (nSPS) is 11.2. The molecule has 0 saturated heterocycles. The maximum Gasteiger partial charge on any atom is 0.341 e. The minimum Gasteiger partial charge on any atom is -0.322 e. The van der Waals surface area contributed by atoms with Crippen LogP contribution in [-0.4, -0.2) is 26.0 Å². The van der Waals surface area contributed by atoms with Crippen LogP contribution in [0, 0.1) is 6.92 Å². The summed E-state index contributed by atoms with van der Waals surface area (Å²) in [6.07, 6.45) is 0. The van der Waals surface area contributed by atoms with Crippen molar-refractivity contribution < 1.29 is 26.8 Å². The average molecular weight is 444 g/mol. The number of rotatable bonds is 6. The number of sulfone groups is 1. The number of para-hydroxylation sites is 1. The van der Waals surface area contributed by atoms with E-state index in [9.17, 15) is 26.8 Å². The fourth-order valence-corrected chi connectivity index (χ4v) is 3.53. The second-order valence-corrected chi connectivity index (χ2v) is 8.57. The summed E-state index contributed by atoms with van der Waals surface area (Å²) in [7, 11) is -4.75. The van der Waals surface area contributed by atoms with E-state index in [0.717, 1.165) is 29.8 Å². The molecule has 160 valence electrons. The standard InChI is InChI=1S/C22H18F2N2O4S/c1-14-5-4-6-16(13-14)25-21(28)18-7-2-3-8-19(18)26-20(27)15-9-11-17(12-10-15)31(29,30)22(23)24/h2-13,22H,1H3,(H,25,28)(H,26,27). The molecule has 0 aliphatic heterocycles. The van der Waals surface area contributed by atoms with Crippen molar-refractivity contribution in [3.05, 3.63) is 89.5 Å². The zero-order valence-corrected chi connectivity index (χ0v) is 17.1. The highest BCUT2D eigenvalue weighted by atomic mass is 32.2. The van der Waals surface area contributed by atoms with Gasteiger partial charge in [-0.2, -0.15) is 8.78 Å². The van der Waals surface area contributed by atoms with Crippen LogP contribution in [0.15, 0.2) is 77.7 Å². The van der Waals surface area contributed by atoms with Crippen LogP contribution in [0.4, 0.5) is 20.2 Å². The third-order valence-corrected chi connectivity index (χ3v) is 5.77. The lowest BCUT2D eigenvalue weighted by atomic mass is 10.1. The third kappa shape index (κ3) is 5.13. The van der Waals surface area contributed by atoms with E-state index in [1.54, 1.807) is 42.5 Å². The van der Waals surface area contributed by atoms with Gasteiger partial charge in [0.25, 0.3) is 11.8 Å². The largest absolute Gasteiger partial charge is 0.341 e. The van der Waals surface area contributed by atoms with Crippen LogP contribution in [0.1, 0.15) is 26.3 Å². The zero-order chi connectivity index (χ0) is 22.6. The molecular weight excluding hydrogens is 426 g/mol. The predicted molar refractivity (Wildman–Crippen MR) is 113 cm³/mol. The maximum absolute atomic E-state index is 12.7. The number of aryl methyl sites for hydroxylation is 1. The van der Waals surface area contributed by atoms with E-state index in [0.29, 0.717) is 5.69 Å². The van der Waals surface area contributed by atoms with Crippen LogP contribution in [-0.2, 0) is 9.84 Å². The molecule has 0 aliphatic carbocycles. The van der Waals surface area contributed by atoms with E-state index < -0.39 is 32.3 Å². The molecule has 2 amide bonds. The van der Waals surface area contributed by atoms with Crippen molar-refractivity contribution in [3.63, 3.8) is 0 Å². The van der Waals surface area contributed by atoms with Gasteiger partial charge in [0.1, 0.15) is 0 Å². The fraction of sp³-hybridized carbons (Fsp3) is 0.0909. The van der Waals surface area contributed by atoms with Gasteiger partial charge in [0.2, 0.25) is 9.84 Å². The Bertz CT molecular complexity index is 1230. The van der Waals surface area contributed by atoms with Crippen LogP contribution in [0.25, 0.3) is 0 Å². The molecule has 0 spiro atoms. The van der Waals surface area contributed by atoms with Crippen LogP contribution in [0.2, 0.25) is 0 Å². The minimum absolute atomic E-state index is 0.0436. The molecule has 0 unspecified atom stereocenters. The fourth-order valence-electron chi connectivity index (χ4n) is 2.80. The number of amides is 2. The number of carbonyl (C=O) groups excluding carboxylic acids is 2. The second kappa shape index (κ2) is 9.05. The Kier molecular flexibility index (Phi) is 6.45. The molecule has 0 radical (unpaired) electrons. The molecule has 2 N–H and O–H groups in total. The van der Waals surface area contributed by atoms with Gasteiger partial charge >= 0.3 is 5.76 Å². The van der Waals surface area contributed by atoms with Crippen molar-refractivity contribution in [1.82, 2.24) is 0 Å². The molecule has 0 atom stereocenters. The maximum atomic E-state index is 12.7. The van der Waals surface area contributed by atoms with Gasteiger partial charge in [-0.1, -0.05) is 24.3 Å². The Labute approximate surface area is 177 Å². The lowest BCUT2D eigenvalue weighted by Crippen LogP contribution is -2.18. The smallest absolute Gasteiger partial charge is 0.322 e. The monoisotopic (exact) mass is 444 g/mol. The Morgan fingerprint density at radius 2 is 1.52 bits per heavy atom. The summed E-state index contributed by atoms with van der Waals surface area (Å²) in [5, 5.41) is 5.35. The molecule has 0 bridgehead atoms. The SMILES string of the molecule is Cc1cccc(NC(=O)c2ccccc2NC(=O)c2ccc(S(=O)(=O)C(F)F)cc2)c1. The van der Waals surface area contributed by atoms with Gasteiger partial charge in [-0.15, -0.1) is 0 Å². The Morgan fingerprint density at radius 3 is 2.16 bits per heavy atom. The molecule has 9 heteroatoms. The summed E-state index contributed by atoms with van der Waals surface area (Å²) in [5.74, 6) is -4.61. The number of nitrogens with one attached hydrogen (secondary N) is 2. The van der Waals surface area contributed by atoms with E-state index in [1.165, 1.54) is 0 Å². The number of carbonyl (C=O) groups is 2. The Hall–Kier alpha value is -3.59. The predicted octanol–water partition coefficient (Wildman–Crippen LogP) is 4.50. The van der Waals surface area contributed by atoms with Crippen LogP contribution in [0.5, 0.6) is 0 Å². The number of hydrogen-bond donors (Lipinski definition) is 2. The van der Waals surface area contributed by atoms with Crippen LogP contribution >= 0.6 is 0 Å². The van der Waals surface area contributed by atoms with E-state index in [2.05, 4.69) is 10.6 Å². The summed E-state index contributed by atoms with van der Waals surface area (Å²) in [5.41, 5.74) is 2.07. The second-order valence-electron chi connectivity index (χ2n) is 6.65. The lowest BCUT2D eigenvalue weighted by Gasteiger charge is -2.12.